The number of hydrogen-bond donors (Lipinski definition) is 1. The molecular formula is C17H15Cl2NO5. The van der Waals surface area contributed by atoms with Crippen molar-refractivity contribution in [3.8, 4) is 11.5 Å². The number of halogens is 2. The van der Waals surface area contributed by atoms with Gasteiger partial charge in [0.25, 0.3) is 5.91 Å². The van der Waals surface area contributed by atoms with E-state index in [9.17, 15) is 9.59 Å². The normalized spacial score (nSPS) is 10.0. The zero-order chi connectivity index (χ0) is 18.2. The maximum atomic E-state index is 11.8. The van der Waals surface area contributed by atoms with Crippen molar-refractivity contribution < 1.29 is 23.8 Å². The van der Waals surface area contributed by atoms with Gasteiger partial charge in [-0.3, -0.25) is 4.79 Å². The largest absolute Gasteiger partial charge is 0.497 e. The number of nitrogens with one attached hydrogen (secondary N) is 1. The summed E-state index contributed by atoms with van der Waals surface area (Å²) in [4.78, 5) is 23.4. The average molecular weight is 384 g/mol. The van der Waals surface area contributed by atoms with Gasteiger partial charge in [0.05, 0.1) is 7.11 Å². The minimum atomic E-state index is -0.671. The van der Waals surface area contributed by atoms with Crippen LogP contribution in [0.2, 0.25) is 10.0 Å². The van der Waals surface area contributed by atoms with Crippen LogP contribution in [0.3, 0.4) is 0 Å². The lowest BCUT2D eigenvalue weighted by Gasteiger charge is -2.09. The third-order valence-corrected chi connectivity index (χ3v) is 3.36. The Morgan fingerprint density at radius 1 is 0.960 bits per heavy atom. The van der Waals surface area contributed by atoms with Gasteiger partial charge in [-0.05, 0) is 42.5 Å². The van der Waals surface area contributed by atoms with Crippen molar-refractivity contribution in [2.45, 2.75) is 0 Å². The Bertz CT molecular complexity index is 729. The van der Waals surface area contributed by atoms with Crippen LogP contribution in [0.5, 0.6) is 11.5 Å². The summed E-state index contributed by atoms with van der Waals surface area (Å²) in [6.07, 6.45) is 0. The standard InChI is InChI=1S/C17H15Cl2NO5/c1-23-14-2-4-15(5-3-14)24-10-17(22)25-9-16(21)20-13-7-11(18)6-12(19)8-13/h2-8H,9-10H2,1H3,(H,20,21). The molecule has 0 saturated carbocycles. The fourth-order valence-corrected chi connectivity index (χ4v) is 2.35. The average Bonchev–Trinajstić information content (AvgIpc) is 2.57. The van der Waals surface area contributed by atoms with Crippen LogP contribution in [0.15, 0.2) is 42.5 Å². The van der Waals surface area contributed by atoms with Gasteiger partial charge in [-0.1, -0.05) is 23.2 Å². The molecule has 8 heteroatoms. The summed E-state index contributed by atoms with van der Waals surface area (Å²) < 4.78 is 15.1. The van der Waals surface area contributed by atoms with Crippen LogP contribution in [0, 0.1) is 0 Å². The number of anilines is 1. The summed E-state index contributed by atoms with van der Waals surface area (Å²) in [6, 6.07) is 11.3. The zero-order valence-electron chi connectivity index (χ0n) is 13.3. The number of rotatable bonds is 7. The first-order valence-electron chi connectivity index (χ1n) is 7.14. The molecule has 0 unspecified atom stereocenters. The first-order chi connectivity index (χ1) is 12.0. The van der Waals surface area contributed by atoms with Crippen molar-refractivity contribution in [1.29, 1.82) is 0 Å². The Morgan fingerprint density at radius 3 is 2.16 bits per heavy atom. The number of amides is 1. The third-order valence-electron chi connectivity index (χ3n) is 2.93. The molecule has 0 fully saturated rings. The van der Waals surface area contributed by atoms with E-state index in [4.69, 9.17) is 37.4 Å². The molecule has 2 rings (SSSR count). The van der Waals surface area contributed by atoms with Crippen molar-refractivity contribution in [2.24, 2.45) is 0 Å². The Morgan fingerprint density at radius 2 is 1.56 bits per heavy atom. The summed E-state index contributed by atoms with van der Waals surface area (Å²) in [7, 11) is 1.55. The van der Waals surface area contributed by atoms with E-state index in [1.165, 1.54) is 18.2 Å². The minimum Gasteiger partial charge on any atom is -0.497 e. The summed E-state index contributed by atoms with van der Waals surface area (Å²) >= 11 is 11.7. The number of methoxy groups -OCH3 is 1. The van der Waals surface area contributed by atoms with E-state index >= 15 is 0 Å². The molecule has 2 aromatic carbocycles. The maximum absolute atomic E-state index is 11.8. The maximum Gasteiger partial charge on any atom is 0.344 e. The first kappa shape index (κ1) is 18.9. The van der Waals surface area contributed by atoms with E-state index < -0.39 is 18.5 Å². The monoisotopic (exact) mass is 383 g/mol. The zero-order valence-corrected chi connectivity index (χ0v) is 14.8. The van der Waals surface area contributed by atoms with Crippen molar-refractivity contribution >= 4 is 40.8 Å². The van der Waals surface area contributed by atoms with Crippen molar-refractivity contribution in [2.75, 3.05) is 25.6 Å². The third kappa shape index (κ3) is 6.52. The molecular weight excluding hydrogens is 369 g/mol. The molecule has 0 spiro atoms. The van der Waals surface area contributed by atoms with Crippen LogP contribution in [-0.4, -0.2) is 32.2 Å². The summed E-state index contributed by atoms with van der Waals surface area (Å²) in [5.74, 6) is -0.0327. The lowest BCUT2D eigenvalue weighted by Crippen LogP contribution is -2.23. The number of hydrogen-bond acceptors (Lipinski definition) is 5. The van der Waals surface area contributed by atoms with Crippen LogP contribution in [0.1, 0.15) is 0 Å². The summed E-state index contributed by atoms with van der Waals surface area (Å²) in [6.45, 7) is -0.766. The number of benzene rings is 2. The van der Waals surface area contributed by atoms with Crippen LogP contribution in [0.4, 0.5) is 5.69 Å². The fourth-order valence-electron chi connectivity index (χ4n) is 1.82. The molecule has 0 saturated heterocycles. The molecule has 1 N–H and O–H groups in total. The second-order valence-electron chi connectivity index (χ2n) is 4.83. The summed E-state index contributed by atoms with van der Waals surface area (Å²) in [5, 5.41) is 3.29. The highest BCUT2D eigenvalue weighted by atomic mass is 35.5. The molecule has 0 heterocycles. The molecule has 0 radical (unpaired) electrons. The van der Waals surface area contributed by atoms with E-state index in [1.54, 1.807) is 31.4 Å². The van der Waals surface area contributed by atoms with E-state index in [0.717, 1.165) is 0 Å². The molecule has 2 aromatic rings. The highest BCUT2D eigenvalue weighted by molar-refractivity contribution is 6.35. The Kier molecular flexibility index (Phi) is 6.91. The predicted molar refractivity (Wildman–Crippen MR) is 94.5 cm³/mol. The highest BCUT2D eigenvalue weighted by Crippen LogP contribution is 2.22. The molecule has 0 atom stereocenters. The van der Waals surface area contributed by atoms with Gasteiger partial charge in [-0.2, -0.15) is 0 Å². The van der Waals surface area contributed by atoms with E-state index in [1.807, 2.05) is 0 Å². The molecule has 25 heavy (non-hydrogen) atoms. The molecule has 1 amide bonds. The molecule has 0 aliphatic heterocycles. The van der Waals surface area contributed by atoms with Gasteiger partial charge in [0.2, 0.25) is 0 Å². The van der Waals surface area contributed by atoms with Crippen LogP contribution in [0.25, 0.3) is 0 Å². The van der Waals surface area contributed by atoms with Crippen LogP contribution >= 0.6 is 23.2 Å². The van der Waals surface area contributed by atoms with Crippen molar-refractivity contribution in [1.82, 2.24) is 0 Å². The molecule has 0 aromatic heterocycles. The smallest absolute Gasteiger partial charge is 0.344 e. The second-order valence-corrected chi connectivity index (χ2v) is 5.70. The number of carbonyl (C=O) groups is 2. The highest BCUT2D eigenvalue weighted by Gasteiger charge is 2.10. The van der Waals surface area contributed by atoms with Crippen LogP contribution in [-0.2, 0) is 14.3 Å². The second kappa shape index (κ2) is 9.15. The van der Waals surface area contributed by atoms with Gasteiger partial charge >= 0.3 is 5.97 Å². The van der Waals surface area contributed by atoms with E-state index in [0.29, 0.717) is 27.2 Å². The summed E-state index contributed by atoms with van der Waals surface area (Å²) in [5.41, 5.74) is 0.410. The SMILES string of the molecule is COc1ccc(OCC(=O)OCC(=O)Nc2cc(Cl)cc(Cl)c2)cc1. The van der Waals surface area contributed by atoms with Gasteiger partial charge < -0.3 is 19.5 Å². The minimum absolute atomic E-state index is 0.317. The molecule has 6 nitrogen and oxygen atoms in total. The van der Waals surface area contributed by atoms with Crippen LogP contribution < -0.4 is 14.8 Å². The van der Waals surface area contributed by atoms with Gasteiger partial charge in [-0.15, -0.1) is 0 Å². The van der Waals surface area contributed by atoms with Crippen molar-refractivity contribution in [3.63, 3.8) is 0 Å². The first-order valence-corrected chi connectivity index (χ1v) is 7.90. The quantitative estimate of drug-likeness (QED) is 0.739. The van der Waals surface area contributed by atoms with E-state index in [2.05, 4.69) is 5.32 Å². The lowest BCUT2D eigenvalue weighted by atomic mass is 10.3. The molecule has 0 aliphatic rings. The Labute approximate surface area is 154 Å². The number of ether oxygens (including phenoxy) is 3. The Balaban J connectivity index is 1.74. The molecule has 0 bridgehead atoms. The number of carbonyl (C=O) groups excluding carboxylic acids is 2. The Hall–Kier alpha value is -2.44. The van der Waals surface area contributed by atoms with Gasteiger partial charge in [-0.25, -0.2) is 4.79 Å². The van der Waals surface area contributed by atoms with Gasteiger partial charge in [0.15, 0.2) is 13.2 Å². The van der Waals surface area contributed by atoms with Gasteiger partial charge in [0, 0.05) is 15.7 Å². The molecule has 0 aliphatic carbocycles. The number of esters is 1. The topological polar surface area (TPSA) is 73.9 Å². The lowest BCUT2D eigenvalue weighted by molar-refractivity contribution is -0.149. The fraction of sp³-hybridized carbons (Fsp3) is 0.176. The van der Waals surface area contributed by atoms with E-state index in [-0.39, 0.29) is 6.61 Å². The predicted octanol–water partition coefficient (Wildman–Crippen LogP) is 3.56. The van der Waals surface area contributed by atoms with Crippen molar-refractivity contribution in [3.05, 3.63) is 52.5 Å². The van der Waals surface area contributed by atoms with Gasteiger partial charge in [0.1, 0.15) is 11.5 Å². The molecule has 132 valence electrons.